The maximum Gasteiger partial charge on any atom is 0.207 e. The molecule has 0 saturated carbocycles. The van der Waals surface area contributed by atoms with E-state index in [0.717, 1.165) is 11.1 Å². The number of benzene rings is 2. The fourth-order valence-electron chi connectivity index (χ4n) is 4.17. The Morgan fingerprint density at radius 1 is 1.08 bits per heavy atom. The normalized spacial score (nSPS) is 21.0. The Labute approximate surface area is 227 Å². The number of nitrogens with zero attached hydrogens (tertiary/aromatic N) is 5. The van der Waals surface area contributed by atoms with Crippen LogP contribution in [0.5, 0.6) is 0 Å². The topological polar surface area (TPSA) is 164 Å². The van der Waals surface area contributed by atoms with Gasteiger partial charge in [-0.25, -0.2) is 15.0 Å². The lowest BCUT2D eigenvalue weighted by Crippen LogP contribution is -2.34. The van der Waals surface area contributed by atoms with Crippen LogP contribution in [-0.4, -0.2) is 54.7 Å². The van der Waals surface area contributed by atoms with Gasteiger partial charge in [0.1, 0.15) is 24.6 Å². The molecule has 38 heavy (non-hydrogen) atoms. The van der Waals surface area contributed by atoms with Crippen molar-refractivity contribution in [2.45, 2.75) is 37.7 Å². The van der Waals surface area contributed by atoms with Crippen LogP contribution in [0.2, 0.25) is 10.0 Å². The van der Waals surface area contributed by atoms with Gasteiger partial charge in [-0.15, -0.1) is 0 Å². The molecule has 0 amide bonds. The standard InChI is InChI=1S/C25H23Cl2N7O4/c26-16-6-5-15(7-17(16)27)9-30-25-33-19-22(29)31-12-32-23(19)34(25)24-21(36)20(35)18(38-24)11-37-10-14-3-1-13(8-28)2-4-14/h1-7,12,18,20-21,24,35-36H,9-11H2,(H,30,33)(H2,29,31,32)/t18-,20-,21-,24-/m0/s1. The molecule has 1 aliphatic heterocycles. The van der Waals surface area contributed by atoms with Crippen LogP contribution in [0.25, 0.3) is 11.2 Å². The van der Waals surface area contributed by atoms with Gasteiger partial charge < -0.3 is 30.7 Å². The third kappa shape index (κ3) is 5.23. The number of nitrogens with one attached hydrogen (secondary N) is 1. The number of nitrogens with two attached hydrogens (primary N) is 1. The second-order valence-electron chi connectivity index (χ2n) is 8.71. The highest BCUT2D eigenvalue weighted by atomic mass is 35.5. The first-order valence-corrected chi connectivity index (χ1v) is 12.4. The van der Waals surface area contributed by atoms with E-state index >= 15 is 0 Å². The van der Waals surface area contributed by atoms with Crippen molar-refractivity contribution in [3.8, 4) is 6.07 Å². The van der Waals surface area contributed by atoms with E-state index in [4.69, 9.17) is 43.7 Å². The van der Waals surface area contributed by atoms with Gasteiger partial charge in [0.05, 0.1) is 34.9 Å². The molecular formula is C25H23Cl2N7O4. The van der Waals surface area contributed by atoms with Gasteiger partial charge in [-0.3, -0.25) is 4.57 Å². The molecule has 0 unspecified atom stereocenters. The molecule has 4 aromatic rings. The summed E-state index contributed by atoms with van der Waals surface area (Å²) in [5.41, 5.74) is 8.91. The summed E-state index contributed by atoms with van der Waals surface area (Å²) in [6, 6.07) is 14.3. The highest BCUT2D eigenvalue weighted by molar-refractivity contribution is 6.42. The number of imidazole rings is 1. The molecule has 4 atom stereocenters. The number of nitrogen functional groups attached to an aromatic ring is 1. The molecule has 0 bridgehead atoms. The summed E-state index contributed by atoms with van der Waals surface area (Å²) >= 11 is 12.2. The molecule has 11 nitrogen and oxygen atoms in total. The van der Waals surface area contributed by atoms with E-state index in [2.05, 4.69) is 26.3 Å². The van der Waals surface area contributed by atoms with Gasteiger partial charge in [-0.05, 0) is 35.4 Å². The van der Waals surface area contributed by atoms with Gasteiger partial charge in [0.2, 0.25) is 5.95 Å². The average Bonchev–Trinajstić information content (AvgIpc) is 3.42. The molecule has 2 aromatic carbocycles. The summed E-state index contributed by atoms with van der Waals surface area (Å²) < 4.78 is 13.3. The Morgan fingerprint density at radius 2 is 1.84 bits per heavy atom. The molecule has 196 valence electrons. The van der Waals surface area contributed by atoms with Crippen molar-refractivity contribution in [3.05, 3.63) is 75.5 Å². The van der Waals surface area contributed by atoms with Gasteiger partial charge in [-0.2, -0.15) is 5.26 Å². The summed E-state index contributed by atoms with van der Waals surface area (Å²) in [5.74, 6) is 0.454. The Bertz CT molecular complexity index is 1490. The number of halogens is 2. The maximum atomic E-state index is 10.9. The molecule has 3 heterocycles. The van der Waals surface area contributed by atoms with Crippen LogP contribution in [0.3, 0.4) is 0 Å². The molecule has 5 rings (SSSR count). The highest BCUT2D eigenvalue weighted by Crippen LogP contribution is 2.35. The lowest BCUT2D eigenvalue weighted by Gasteiger charge is -2.20. The molecule has 0 aliphatic carbocycles. The van der Waals surface area contributed by atoms with E-state index in [9.17, 15) is 10.2 Å². The first-order valence-electron chi connectivity index (χ1n) is 11.6. The van der Waals surface area contributed by atoms with Crippen molar-refractivity contribution in [2.24, 2.45) is 0 Å². The SMILES string of the molecule is N#Cc1ccc(COC[C@@H]2O[C@H](n3c(NCc4ccc(Cl)c(Cl)c4)nc4c(N)ncnc43)[C@@H](O)[C@H]2O)cc1. The van der Waals surface area contributed by atoms with E-state index in [1.165, 1.54) is 6.33 Å². The monoisotopic (exact) mass is 555 g/mol. The molecule has 1 saturated heterocycles. The number of rotatable bonds is 8. The van der Waals surface area contributed by atoms with Crippen LogP contribution in [0, 0.1) is 11.3 Å². The van der Waals surface area contributed by atoms with Gasteiger partial charge >= 0.3 is 0 Å². The molecular weight excluding hydrogens is 533 g/mol. The number of hydrogen-bond acceptors (Lipinski definition) is 10. The van der Waals surface area contributed by atoms with Crippen LogP contribution in [0.4, 0.5) is 11.8 Å². The molecule has 1 fully saturated rings. The van der Waals surface area contributed by atoms with Crippen LogP contribution in [-0.2, 0) is 22.6 Å². The van der Waals surface area contributed by atoms with Gasteiger partial charge in [0, 0.05) is 6.54 Å². The van der Waals surface area contributed by atoms with Crippen molar-refractivity contribution >= 4 is 46.1 Å². The summed E-state index contributed by atoms with van der Waals surface area (Å²) in [4.78, 5) is 12.8. The van der Waals surface area contributed by atoms with E-state index in [1.807, 2.05) is 6.07 Å². The zero-order chi connectivity index (χ0) is 26.8. The number of aromatic nitrogens is 4. The molecule has 1 aliphatic rings. The number of aliphatic hydroxyl groups is 2. The van der Waals surface area contributed by atoms with Gasteiger partial charge in [-0.1, -0.05) is 41.4 Å². The first-order chi connectivity index (χ1) is 18.4. The molecule has 0 spiro atoms. The fourth-order valence-corrected chi connectivity index (χ4v) is 4.49. The highest BCUT2D eigenvalue weighted by Gasteiger charge is 2.45. The van der Waals surface area contributed by atoms with Crippen molar-refractivity contribution < 1.29 is 19.7 Å². The number of anilines is 2. The Balaban J connectivity index is 1.35. The predicted octanol–water partition coefficient (Wildman–Crippen LogP) is 3.04. The molecule has 13 heteroatoms. The number of nitriles is 1. The zero-order valence-corrected chi connectivity index (χ0v) is 21.3. The minimum atomic E-state index is -1.31. The summed E-state index contributed by atoms with van der Waals surface area (Å²) in [7, 11) is 0. The number of aliphatic hydroxyl groups excluding tert-OH is 2. The first kappa shape index (κ1) is 26.1. The smallest absolute Gasteiger partial charge is 0.207 e. The van der Waals surface area contributed by atoms with Crippen molar-refractivity contribution in [2.75, 3.05) is 17.7 Å². The van der Waals surface area contributed by atoms with E-state index < -0.39 is 24.5 Å². The Hall–Kier alpha value is -3.50. The minimum Gasteiger partial charge on any atom is -0.387 e. The van der Waals surface area contributed by atoms with Gasteiger partial charge in [0.25, 0.3) is 0 Å². The zero-order valence-electron chi connectivity index (χ0n) is 19.8. The third-order valence-corrected chi connectivity index (χ3v) is 6.90. The van der Waals surface area contributed by atoms with E-state index in [1.54, 1.807) is 41.0 Å². The number of fused-ring (bicyclic) bond motifs is 1. The Kier molecular flexibility index (Phi) is 7.62. The van der Waals surface area contributed by atoms with Crippen LogP contribution >= 0.6 is 23.2 Å². The van der Waals surface area contributed by atoms with Crippen LogP contribution in [0.15, 0.2) is 48.8 Å². The fraction of sp³-hybridized carbons (Fsp3) is 0.280. The summed E-state index contributed by atoms with van der Waals surface area (Å²) in [6.07, 6.45) is -3.12. The quantitative estimate of drug-likeness (QED) is 0.254. The molecule has 2 aromatic heterocycles. The largest absolute Gasteiger partial charge is 0.387 e. The number of ether oxygens (including phenoxy) is 2. The lowest BCUT2D eigenvalue weighted by atomic mass is 10.1. The van der Waals surface area contributed by atoms with E-state index in [-0.39, 0.29) is 19.0 Å². The Morgan fingerprint density at radius 3 is 2.58 bits per heavy atom. The third-order valence-electron chi connectivity index (χ3n) is 6.17. The second-order valence-corrected chi connectivity index (χ2v) is 9.52. The van der Waals surface area contributed by atoms with Crippen LogP contribution < -0.4 is 11.1 Å². The second kappa shape index (κ2) is 11.1. The molecule has 0 radical (unpaired) electrons. The van der Waals surface area contributed by atoms with Crippen molar-refractivity contribution in [1.82, 2.24) is 19.5 Å². The van der Waals surface area contributed by atoms with Crippen molar-refractivity contribution in [1.29, 1.82) is 5.26 Å². The maximum absolute atomic E-state index is 10.9. The lowest BCUT2D eigenvalue weighted by molar-refractivity contribution is -0.0675. The number of hydrogen-bond donors (Lipinski definition) is 4. The minimum absolute atomic E-state index is 0.0184. The predicted molar refractivity (Wildman–Crippen MR) is 140 cm³/mol. The van der Waals surface area contributed by atoms with E-state index in [0.29, 0.717) is 39.3 Å². The van der Waals surface area contributed by atoms with Crippen LogP contribution in [0.1, 0.15) is 22.9 Å². The molecule has 5 N–H and O–H groups in total. The summed E-state index contributed by atoms with van der Waals surface area (Å²) in [6.45, 7) is 0.577. The van der Waals surface area contributed by atoms with Gasteiger partial charge in [0.15, 0.2) is 23.2 Å². The average molecular weight is 556 g/mol. The van der Waals surface area contributed by atoms with Crippen molar-refractivity contribution in [3.63, 3.8) is 0 Å². The summed E-state index contributed by atoms with van der Waals surface area (Å²) in [5, 5.41) is 34.7.